The van der Waals surface area contributed by atoms with Crippen LogP contribution in [0.4, 0.5) is 0 Å². The van der Waals surface area contributed by atoms with E-state index in [-0.39, 0.29) is 0 Å². The number of para-hydroxylation sites is 1. The van der Waals surface area contributed by atoms with Crippen molar-refractivity contribution in [2.75, 3.05) is 0 Å². The Hall–Kier alpha value is -1.97. The van der Waals surface area contributed by atoms with E-state index in [1.165, 1.54) is 6.33 Å². The number of aromatic nitrogens is 4. The Morgan fingerprint density at radius 1 is 1.08 bits per heavy atom. The lowest BCUT2D eigenvalue weighted by Crippen LogP contribution is -1.92. The molecule has 0 saturated carbocycles. The topological polar surface area (TPSA) is 43.1 Å². The molecule has 2 aromatic heterocycles. The Morgan fingerprint density at radius 3 is 3.00 bits per heavy atom. The minimum Gasteiger partial charge on any atom is -0.219 e. The first kappa shape index (κ1) is 6.54. The maximum Gasteiger partial charge on any atom is 0.252 e. The molecule has 4 heteroatoms. The summed E-state index contributed by atoms with van der Waals surface area (Å²) in [7, 11) is 0. The van der Waals surface area contributed by atoms with E-state index in [4.69, 9.17) is 0 Å². The molecule has 2 heterocycles. The maximum atomic E-state index is 4.16. The third kappa shape index (κ3) is 0.823. The molecule has 0 aliphatic rings. The van der Waals surface area contributed by atoms with Gasteiger partial charge in [0.15, 0.2) is 0 Å². The van der Waals surface area contributed by atoms with Crippen LogP contribution in [0.1, 0.15) is 0 Å². The summed E-state index contributed by atoms with van der Waals surface area (Å²) in [5, 5.41) is 5.16. The number of benzene rings is 1. The van der Waals surface area contributed by atoms with Gasteiger partial charge in [-0.2, -0.15) is 14.6 Å². The van der Waals surface area contributed by atoms with Crippen LogP contribution in [0.5, 0.6) is 0 Å². The van der Waals surface area contributed by atoms with E-state index in [1.807, 2.05) is 24.3 Å². The van der Waals surface area contributed by atoms with Gasteiger partial charge in [0.05, 0.1) is 5.52 Å². The summed E-state index contributed by atoms with van der Waals surface area (Å²) in [6, 6.07) is 7.96. The van der Waals surface area contributed by atoms with Crippen molar-refractivity contribution >= 4 is 16.7 Å². The molecule has 0 spiro atoms. The first-order valence-corrected chi connectivity index (χ1v) is 3.99. The molecule has 0 bridgehead atoms. The Balaban J connectivity index is 2.65. The summed E-state index contributed by atoms with van der Waals surface area (Å²) in [4.78, 5) is 8.17. The van der Waals surface area contributed by atoms with Crippen LogP contribution in [0, 0.1) is 0 Å². The predicted octanol–water partition coefficient (Wildman–Crippen LogP) is 1.28. The van der Waals surface area contributed by atoms with Crippen molar-refractivity contribution in [3.8, 4) is 0 Å². The first-order chi connectivity index (χ1) is 6.45. The van der Waals surface area contributed by atoms with E-state index in [9.17, 15) is 0 Å². The number of fused-ring (bicyclic) bond motifs is 3. The van der Waals surface area contributed by atoms with Crippen molar-refractivity contribution in [1.29, 1.82) is 0 Å². The SMILES string of the molecule is c1ccc2c(c1)cnc1ncnn12. The fourth-order valence-electron chi connectivity index (χ4n) is 1.41. The number of hydrogen-bond donors (Lipinski definition) is 0. The fraction of sp³-hybridized carbons (Fsp3) is 0. The standard InChI is InChI=1S/C9H6N4/c1-2-4-8-7(3-1)5-10-9-11-6-12-13(8)9/h1-6H. The molecular formula is C9H6N4. The highest BCUT2D eigenvalue weighted by Gasteiger charge is 2.00. The first-order valence-electron chi connectivity index (χ1n) is 3.99. The number of nitrogens with zero attached hydrogens (tertiary/aromatic N) is 4. The Morgan fingerprint density at radius 2 is 2.00 bits per heavy atom. The summed E-state index contributed by atoms with van der Waals surface area (Å²) in [6.07, 6.45) is 3.31. The molecule has 3 rings (SSSR count). The summed E-state index contributed by atoms with van der Waals surface area (Å²) < 4.78 is 1.73. The molecule has 0 aliphatic heterocycles. The zero-order chi connectivity index (χ0) is 8.67. The highest BCUT2D eigenvalue weighted by atomic mass is 15.3. The van der Waals surface area contributed by atoms with E-state index in [0.717, 1.165) is 10.9 Å². The highest BCUT2D eigenvalue weighted by Crippen LogP contribution is 2.11. The largest absolute Gasteiger partial charge is 0.252 e. The van der Waals surface area contributed by atoms with Gasteiger partial charge in [0.25, 0.3) is 5.78 Å². The Kier molecular flexibility index (Phi) is 1.14. The van der Waals surface area contributed by atoms with Gasteiger partial charge in [-0.3, -0.25) is 0 Å². The normalized spacial score (nSPS) is 11.1. The maximum absolute atomic E-state index is 4.16. The molecule has 0 unspecified atom stereocenters. The molecule has 4 nitrogen and oxygen atoms in total. The van der Waals surface area contributed by atoms with Crippen molar-refractivity contribution in [2.24, 2.45) is 0 Å². The molecule has 0 fully saturated rings. The van der Waals surface area contributed by atoms with Crippen LogP contribution in [-0.4, -0.2) is 19.6 Å². The smallest absolute Gasteiger partial charge is 0.219 e. The van der Waals surface area contributed by atoms with Gasteiger partial charge in [-0.1, -0.05) is 18.2 Å². The van der Waals surface area contributed by atoms with Crippen molar-refractivity contribution < 1.29 is 0 Å². The van der Waals surface area contributed by atoms with Gasteiger partial charge in [-0.05, 0) is 6.07 Å². The minimum atomic E-state index is 0.638. The molecule has 1 aromatic carbocycles. The van der Waals surface area contributed by atoms with Gasteiger partial charge in [-0.25, -0.2) is 4.98 Å². The van der Waals surface area contributed by atoms with Crippen LogP contribution in [0.3, 0.4) is 0 Å². The molecule has 13 heavy (non-hydrogen) atoms. The minimum absolute atomic E-state index is 0.638. The van der Waals surface area contributed by atoms with E-state index in [0.29, 0.717) is 5.78 Å². The Bertz CT molecular complexity index is 570. The van der Waals surface area contributed by atoms with Gasteiger partial charge in [0.2, 0.25) is 0 Å². The average molecular weight is 170 g/mol. The summed E-state index contributed by atoms with van der Waals surface area (Å²) in [5.41, 5.74) is 1.03. The summed E-state index contributed by atoms with van der Waals surface area (Å²) >= 11 is 0. The molecular weight excluding hydrogens is 164 g/mol. The van der Waals surface area contributed by atoms with Crippen molar-refractivity contribution in [2.45, 2.75) is 0 Å². The lowest BCUT2D eigenvalue weighted by molar-refractivity contribution is 0.984. The monoisotopic (exact) mass is 170 g/mol. The second kappa shape index (κ2) is 2.26. The van der Waals surface area contributed by atoms with Crippen LogP contribution < -0.4 is 0 Å². The van der Waals surface area contributed by atoms with Gasteiger partial charge >= 0.3 is 0 Å². The molecule has 0 saturated heterocycles. The van der Waals surface area contributed by atoms with Gasteiger partial charge in [0.1, 0.15) is 6.33 Å². The fourth-order valence-corrected chi connectivity index (χ4v) is 1.41. The van der Waals surface area contributed by atoms with Gasteiger partial charge < -0.3 is 0 Å². The molecule has 0 aliphatic carbocycles. The van der Waals surface area contributed by atoms with Crippen LogP contribution >= 0.6 is 0 Å². The highest BCUT2D eigenvalue weighted by molar-refractivity contribution is 5.79. The van der Waals surface area contributed by atoms with Gasteiger partial charge in [-0.15, -0.1) is 0 Å². The number of rotatable bonds is 0. The molecule has 0 N–H and O–H groups in total. The van der Waals surface area contributed by atoms with Crippen LogP contribution in [-0.2, 0) is 0 Å². The van der Waals surface area contributed by atoms with E-state index < -0.39 is 0 Å². The average Bonchev–Trinajstić information content (AvgIpc) is 2.65. The molecule has 3 aromatic rings. The lowest BCUT2D eigenvalue weighted by atomic mass is 10.2. The second-order valence-electron chi connectivity index (χ2n) is 2.79. The summed E-state index contributed by atoms with van der Waals surface area (Å²) in [6.45, 7) is 0. The van der Waals surface area contributed by atoms with E-state index >= 15 is 0 Å². The molecule has 0 amide bonds. The van der Waals surface area contributed by atoms with Crippen molar-refractivity contribution in [1.82, 2.24) is 19.6 Å². The summed E-state index contributed by atoms with van der Waals surface area (Å²) in [5.74, 6) is 0.638. The van der Waals surface area contributed by atoms with Crippen molar-refractivity contribution in [3.05, 3.63) is 36.8 Å². The zero-order valence-electron chi connectivity index (χ0n) is 6.75. The number of hydrogen-bond acceptors (Lipinski definition) is 3. The third-order valence-corrected chi connectivity index (χ3v) is 2.01. The van der Waals surface area contributed by atoms with Crippen LogP contribution in [0.2, 0.25) is 0 Å². The van der Waals surface area contributed by atoms with E-state index in [1.54, 1.807) is 10.7 Å². The Labute approximate surface area is 73.9 Å². The quantitative estimate of drug-likeness (QED) is 0.510. The molecule has 62 valence electrons. The van der Waals surface area contributed by atoms with Crippen molar-refractivity contribution in [3.63, 3.8) is 0 Å². The van der Waals surface area contributed by atoms with E-state index in [2.05, 4.69) is 15.1 Å². The van der Waals surface area contributed by atoms with Crippen LogP contribution in [0.25, 0.3) is 16.7 Å². The second-order valence-corrected chi connectivity index (χ2v) is 2.79. The predicted molar refractivity (Wildman–Crippen MR) is 48.3 cm³/mol. The van der Waals surface area contributed by atoms with Crippen LogP contribution in [0.15, 0.2) is 36.8 Å². The molecule has 0 atom stereocenters. The molecule has 0 radical (unpaired) electrons. The zero-order valence-corrected chi connectivity index (χ0v) is 6.75. The third-order valence-electron chi connectivity index (χ3n) is 2.01. The van der Waals surface area contributed by atoms with Gasteiger partial charge in [0, 0.05) is 11.6 Å². The lowest BCUT2D eigenvalue weighted by Gasteiger charge is -1.97.